The fourth-order valence-electron chi connectivity index (χ4n) is 1.21. The fraction of sp³-hybridized carbons (Fsp3) is 0.375. The lowest BCUT2D eigenvalue weighted by atomic mass is 10.1. The van der Waals surface area contributed by atoms with Crippen molar-refractivity contribution in [2.75, 3.05) is 5.73 Å². The smallest absolute Gasteiger partial charge is 0.0314 e. The highest BCUT2D eigenvalue weighted by molar-refractivity contribution is 5.74. The average Bonchev–Trinajstić information content (AvgIpc) is 2.42. The number of hydrogen-bond acceptors (Lipinski definition) is 1. The molecule has 0 amide bonds. The van der Waals surface area contributed by atoms with E-state index in [0.29, 0.717) is 0 Å². The van der Waals surface area contributed by atoms with Gasteiger partial charge in [-0.1, -0.05) is 58.1 Å². The van der Waals surface area contributed by atoms with Gasteiger partial charge in [0.05, 0.1) is 0 Å². The largest absolute Gasteiger partial charge is 0.399 e. The number of allylic oxidation sites excluding steroid dienone is 4. The Balaban J connectivity index is 0. The summed E-state index contributed by atoms with van der Waals surface area (Å²) < 4.78 is 0. The molecule has 0 aliphatic rings. The van der Waals surface area contributed by atoms with Crippen LogP contribution in [0.3, 0.4) is 0 Å². The first-order valence-electron chi connectivity index (χ1n) is 6.43. The van der Waals surface area contributed by atoms with Crippen LogP contribution in [0.25, 0.3) is 5.57 Å². The Kier molecular flexibility index (Phi) is 13.2. The molecule has 17 heavy (non-hydrogen) atoms. The van der Waals surface area contributed by atoms with Crippen LogP contribution in [0.4, 0.5) is 5.69 Å². The Morgan fingerprint density at radius 1 is 0.941 bits per heavy atom. The minimum absolute atomic E-state index is 0.805. The van der Waals surface area contributed by atoms with E-state index in [1.807, 2.05) is 71.9 Å². The Hall–Kier alpha value is -1.50. The summed E-state index contributed by atoms with van der Waals surface area (Å²) in [6, 6.07) is 7.90. The molecular formula is C16H27N. The lowest BCUT2D eigenvalue weighted by Crippen LogP contribution is -1.85. The quantitative estimate of drug-likeness (QED) is 0.544. The molecule has 0 heterocycles. The molecule has 0 aliphatic heterocycles. The molecule has 1 heteroatoms. The molecule has 0 fully saturated rings. The summed E-state index contributed by atoms with van der Waals surface area (Å²) in [5.41, 5.74) is 8.84. The van der Waals surface area contributed by atoms with Gasteiger partial charge in [-0.05, 0) is 37.1 Å². The zero-order valence-corrected chi connectivity index (χ0v) is 12.1. The van der Waals surface area contributed by atoms with Gasteiger partial charge in [0.15, 0.2) is 0 Å². The van der Waals surface area contributed by atoms with E-state index in [0.717, 1.165) is 5.69 Å². The molecule has 0 aliphatic carbocycles. The van der Waals surface area contributed by atoms with E-state index in [-0.39, 0.29) is 0 Å². The third kappa shape index (κ3) is 7.40. The summed E-state index contributed by atoms with van der Waals surface area (Å²) in [4.78, 5) is 0. The predicted molar refractivity (Wildman–Crippen MR) is 82.0 cm³/mol. The van der Waals surface area contributed by atoms with E-state index < -0.39 is 0 Å². The maximum Gasteiger partial charge on any atom is 0.0314 e. The molecule has 0 radical (unpaired) electrons. The maximum atomic E-state index is 5.60. The Morgan fingerprint density at radius 2 is 1.41 bits per heavy atom. The van der Waals surface area contributed by atoms with Crippen LogP contribution < -0.4 is 5.73 Å². The summed E-state index contributed by atoms with van der Waals surface area (Å²) in [7, 11) is 0. The van der Waals surface area contributed by atoms with E-state index in [1.165, 1.54) is 11.1 Å². The van der Waals surface area contributed by atoms with Crippen LogP contribution in [0.15, 0.2) is 42.5 Å². The summed E-state index contributed by atoms with van der Waals surface area (Å²) in [5.74, 6) is 0. The summed E-state index contributed by atoms with van der Waals surface area (Å²) in [6.45, 7) is 12.0. The van der Waals surface area contributed by atoms with Crippen LogP contribution in [0, 0.1) is 0 Å². The van der Waals surface area contributed by atoms with E-state index in [2.05, 4.69) is 12.2 Å². The molecule has 2 N–H and O–H groups in total. The second-order valence-corrected chi connectivity index (χ2v) is 2.87. The molecule has 1 nitrogen and oxygen atoms in total. The van der Waals surface area contributed by atoms with Crippen molar-refractivity contribution in [2.24, 2.45) is 0 Å². The predicted octanol–water partition coefficient (Wildman–Crippen LogP) is 5.30. The number of nitrogen functional groups attached to an aromatic ring is 1. The van der Waals surface area contributed by atoms with Gasteiger partial charge in [-0.15, -0.1) is 0 Å². The lowest BCUT2D eigenvalue weighted by Gasteiger charge is -2.01. The second-order valence-electron chi connectivity index (χ2n) is 2.87. The average molecular weight is 233 g/mol. The summed E-state index contributed by atoms with van der Waals surface area (Å²) in [6.07, 6.45) is 6.21. The summed E-state index contributed by atoms with van der Waals surface area (Å²) in [5, 5.41) is 0. The molecular weight excluding hydrogens is 206 g/mol. The zero-order chi connectivity index (χ0) is 13.7. The van der Waals surface area contributed by atoms with Gasteiger partial charge in [0.25, 0.3) is 0 Å². The minimum atomic E-state index is 0.805. The van der Waals surface area contributed by atoms with Crippen molar-refractivity contribution in [3.05, 3.63) is 48.1 Å². The molecule has 0 aromatic heterocycles. The van der Waals surface area contributed by atoms with E-state index >= 15 is 0 Å². The first-order chi connectivity index (χ1) is 8.27. The first-order valence-corrected chi connectivity index (χ1v) is 6.43. The highest BCUT2D eigenvalue weighted by Gasteiger charge is 1.94. The fourth-order valence-corrected chi connectivity index (χ4v) is 1.21. The third-order valence-corrected chi connectivity index (χ3v) is 1.90. The topological polar surface area (TPSA) is 26.0 Å². The van der Waals surface area contributed by atoms with Crippen LogP contribution in [-0.4, -0.2) is 0 Å². The van der Waals surface area contributed by atoms with Gasteiger partial charge in [0.2, 0.25) is 0 Å². The number of benzene rings is 1. The molecule has 0 bridgehead atoms. The van der Waals surface area contributed by atoms with Crippen molar-refractivity contribution in [3.8, 4) is 0 Å². The van der Waals surface area contributed by atoms with Crippen molar-refractivity contribution in [3.63, 3.8) is 0 Å². The molecule has 1 aromatic carbocycles. The molecule has 0 unspecified atom stereocenters. The summed E-state index contributed by atoms with van der Waals surface area (Å²) >= 11 is 0. The van der Waals surface area contributed by atoms with Crippen LogP contribution in [-0.2, 0) is 0 Å². The molecule has 96 valence electrons. The van der Waals surface area contributed by atoms with E-state index in [1.54, 1.807) is 0 Å². The maximum absolute atomic E-state index is 5.60. The van der Waals surface area contributed by atoms with Gasteiger partial charge in [0, 0.05) is 5.69 Å². The van der Waals surface area contributed by atoms with Crippen molar-refractivity contribution in [2.45, 2.75) is 41.5 Å². The Morgan fingerprint density at radius 3 is 1.76 bits per heavy atom. The van der Waals surface area contributed by atoms with Gasteiger partial charge in [-0.25, -0.2) is 0 Å². The third-order valence-electron chi connectivity index (χ3n) is 1.90. The van der Waals surface area contributed by atoms with Gasteiger partial charge >= 0.3 is 0 Å². The van der Waals surface area contributed by atoms with Gasteiger partial charge < -0.3 is 5.73 Å². The highest BCUT2D eigenvalue weighted by atomic mass is 14.5. The number of rotatable bonds is 2. The number of nitrogens with two attached hydrogens (primary N) is 1. The number of hydrogen-bond donors (Lipinski definition) is 1. The molecule has 1 rings (SSSR count). The molecule has 0 saturated carbocycles. The zero-order valence-electron chi connectivity index (χ0n) is 12.1. The molecule has 1 aromatic rings. The highest BCUT2D eigenvalue weighted by Crippen LogP contribution is 2.16. The molecule has 0 atom stereocenters. The lowest BCUT2D eigenvalue weighted by molar-refractivity contribution is 1.50. The number of anilines is 1. The van der Waals surface area contributed by atoms with Crippen molar-refractivity contribution in [1.29, 1.82) is 0 Å². The first kappa shape index (κ1) is 17.9. The van der Waals surface area contributed by atoms with Crippen LogP contribution in [0.2, 0.25) is 0 Å². The standard InChI is InChI=1S/C12H15N.2C2H6/c1-3-5-10(4-2)11-6-8-12(13)9-7-11;2*1-2/h3-9H,13H2,1-2H3;2*1-2H3/b5-3-,10-4+;;. The van der Waals surface area contributed by atoms with Gasteiger partial charge in [0.1, 0.15) is 0 Å². The van der Waals surface area contributed by atoms with Crippen LogP contribution in [0.1, 0.15) is 47.1 Å². The van der Waals surface area contributed by atoms with Gasteiger partial charge in [-0.3, -0.25) is 0 Å². The van der Waals surface area contributed by atoms with Gasteiger partial charge in [-0.2, -0.15) is 0 Å². The SMILES string of the molecule is C/C=C\C(=C/C)c1ccc(N)cc1.CC.CC. The molecule has 0 spiro atoms. The normalized spacial score (nSPS) is 10.1. The second kappa shape index (κ2) is 12.6. The van der Waals surface area contributed by atoms with Crippen molar-refractivity contribution < 1.29 is 0 Å². The molecule has 0 saturated heterocycles. The monoisotopic (exact) mass is 233 g/mol. The van der Waals surface area contributed by atoms with Crippen molar-refractivity contribution in [1.82, 2.24) is 0 Å². The Bertz CT molecular complexity index is 318. The van der Waals surface area contributed by atoms with Crippen LogP contribution >= 0.6 is 0 Å². The van der Waals surface area contributed by atoms with E-state index in [9.17, 15) is 0 Å². The van der Waals surface area contributed by atoms with E-state index in [4.69, 9.17) is 5.73 Å². The van der Waals surface area contributed by atoms with Crippen LogP contribution in [0.5, 0.6) is 0 Å². The van der Waals surface area contributed by atoms with Crippen molar-refractivity contribution >= 4 is 11.3 Å². The minimum Gasteiger partial charge on any atom is -0.399 e. The Labute approximate surface area is 107 Å².